The van der Waals surface area contributed by atoms with Crippen molar-refractivity contribution in [3.63, 3.8) is 0 Å². The molecule has 0 atom stereocenters. The van der Waals surface area contributed by atoms with Crippen molar-refractivity contribution in [1.82, 2.24) is 24.1 Å². The van der Waals surface area contributed by atoms with Gasteiger partial charge in [-0.1, -0.05) is 12.1 Å². The maximum Gasteiger partial charge on any atom is 0.293 e. The predicted octanol–water partition coefficient (Wildman–Crippen LogP) is 1.34. The monoisotopic (exact) mass is 308 g/mol. The number of pyridine rings is 1. The van der Waals surface area contributed by atoms with Gasteiger partial charge < -0.3 is 0 Å². The number of rotatable bonds is 2. The van der Waals surface area contributed by atoms with Crippen LogP contribution >= 0.6 is 0 Å². The molecule has 0 fully saturated rings. The number of hydrogen-bond acceptors (Lipinski definition) is 6. The largest absolute Gasteiger partial charge is 0.293 e. The molecule has 0 bridgehead atoms. The van der Waals surface area contributed by atoms with E-state index in [1.807, 2.05) is 0 Å². The molecule has 0 N–H and O–H groups in total. The van der Waals surface area contributed by atoms with Crippen LogP contribution in [0.25, 0.3) is 22.4 Å². The second kappa shape index (κ2) is 4.70. The molecule has 0 saturated carbocycles. The zero-order valence-corrected chi connectivity index (χ0v) is 11.5. The van der Waals surface area contributed by atoms with Gasteiger partial charge >= 0.3 is 0 Å². The number of fused-ring (bicyclic) bond motifs is 3. The Morgan fingerprint density at radius 3 is 2.78 bits per heavy atom. The average molecular weight is 308 g/mol. The van der Waals surface area contributed by atoms with E-state index in [2.05, 4.69) is 15.1 Å². The second-order valence-electron chi connectivity index (χ2n) is 4.77. The first kappa shape index (κ1) is 13.1. The average Bonchev–Trinajstić information content (AvgIpc) is 3.04. The first-order chi connectivity index (χ1) is 11.2. The molecule has 23 heavy (non-hydrogen) atoms. The van der Waals surface area contributed by atoms with E-state index in [-0.39, 0.29) is 11.4 Å². The van der Waals surface area contributed by atoms with Gasteiger partial charge in [-0.25, -0.2) is 4.98 Å². The number of benzene rings is 1. The molecule has 0 aliphatic heterocycles. The van der Waals surface area contributed by atoms with Crippen molar-refractivity contribution in [3.8, 4) is 5.69 Å². The van der Waals surface area contributed by atoms with Gasteiger partial charge in [0.1, 0.15) is 12.0 Å². The van der Waals surface area contributed by atoms with Gasteiger partial charge in [0.2, 0.25) is 0 Å². The maximum atomic E-state index is 12.7. The minimum absolute atomic E-state index is 0.149. The lowest BCUT2D eigenvalue weighted by Crippen LogP contribution is -2.19. The van der Waals surface area contributed by atoms with E-state index in [0.29, 0.717) is 16.7 Å². The Morgan fingerprint density at radius 1 is 1.13 bits per heavy atom. The third-order valence-electron chi connectivity index (χ3n) is 3.51. The summed E-state index contributed by atoms with van der Waals surface area (Å²) in [5.74, 6) is 0.375. The van der Waals surface area contributed by atoms with Crippen LogP contribution in [0.3, 0.4) is 0 Å². The van der Waals surface area contributed by atoms with Crippen molar-refractivity contribution < 1.29 is 4.92 Å². The molecule has 3 aromatic heterocycles. The second-order valence-corrected chi connectivity index (χ2v) is 4.77. The fourth-order valence-electron chi connectivity index (χ4n) is 2.48. The highest BCUT2D eigenvalue weighted by atomic mass is 16.6. The van der Waals surface area contributed by atoms with Gasteiger partial charge in [0.05, 0.1) is 15.8 Å². The molecule has 0 saturated heterocycles. The fourth-order valence-corrected chi connectivity index (χ4v) is 2.48. The molecule has 1 aromatic carbocycles. The van der Waals surface area contributed by atoms with Crippen molar-refractivity contribution >= 4 is 22.4 Å². The molecule has 0 radical (unpaired) electrons. The van der Waals surface area contributed by atoms with Crippen LogP contribution in [0, 0.1) is 10.1 Å². The first-order valence-corrected chi connectivity index (χ1v) is 6.61. The lowest BCUT2D eigenvalue weighted by molar-refractivity contribution is -0.384. The molecule has 112 valence electrons. The predicted molar refractivity (Wildman–Crippen MR) is 80.5 cm³/mol. The van der Waals surface area contributed by atoms with Crippen LogP contribution < -0.4 is 5.56 Å². The quantitative estimate of drug-likeness (QED) is 0.408. The standard InChI is InChI=1S/C14H8N6O3/c21-13-9-7-15-14-16-8-17-19(14)10(9)5-6-18(13)11-3-1-2-4-12(11)20(22)23/h1-8H. The van der Waals surface area contributed by atoms with Gasteiger partial charge in [-0.15, -0.1) is 0 Å². The summed E-state index contributed by atoms with van der Waals surface area (Å²) in [4.78, 5) is 31.4. The van der Waals surface area contributed by atoms with E-state index in [1.54, 1.807) is 18.2 Å². The van der Waals surface area contributed by atoms with Crippen LogP contribution in [0.1, 0.15) is 0 Å². The van der Waals surface area contributed by atoms with Gasteiger partial charge in [-0.2, -0.15) is 14.6 Å². The fraction of sp³-hybridized carbons (Fsp3) is 0. The maximum absolute atomic E-state index is 12.7. The summed E-state index contributed by atoms with van der Waals surface area (Å²) in [6, 6.07) is 7.71. The molecule has 0 aliphatic carbocycles. The summed E-state index contributed by atoms with van der Waals surface area (Å²) in [7, 11) is 0. The van der Waals surface area contributed by atoms with Crippen LogP contribution in [0.4, 0.5) is 5.69 Å². The van der Waals surface area contributed by atoms with E-state index in [0.717, 1.165) is 0 Å². The van der Waals surface area contributed by atoms with Gasteiger partial charge in [0, 0.05) is 18.5 Å². The molecule has 9 nitrogen and oxygen atoms in total. The number of nitro benzene ring substituents is 1. The van der Waals surface area contributed by atoms with E-state index in [4.69, 9.17) is 0 Å². The Labute approximate surface area is 127 Å². The Hall–Kier alpha value is -3.62. The Bertz CT molecular complexity index is 1130. The summed E-state index contributed by atoms with van der Waals surface area (Å²) in [5.41, 5.74) is 0.167. The number of hydrogen-bond donors (Lipinski definition) is 0. The SMILES string of the molecule is O=c1c2cnc3ncnn3c2ccn1-c1ccccc1[N+](=O)[O-]. The summed E-state index contributed by atoms with van der Waals surface area (Å²) in [6.45, 7) is 0. The summed E-state index contributed by atoms with van der Waals surface area (Å²) in [5, 5.41) is 15.5. The van der Waals surface area contributed by atoms with Gasteiger partial charge in [0.15, 0.2) is 0 Å². The molecule has 0 amide bonds. The van der Waals surface area contributed by atoms with Crippen LogP contribution in [0.2, 0.25) is 0 Å². The van der Waals surface area contributed by atoms with E-state index >= 15 is 0 Å². The lowest BCUT2D eigenvalue weighted by atomic mass is 10.2. The molecule has 0 aliphatic rings. The number of nitro groups is 1. The lowest BCUT2D eigenvalue weighted by Gasteiger charge is -2.08. The van der Waals surface area contributed by atoms with Crippen molar-refractivity contribution in [1.29, 1.82) is 0 Å². The van der Waals surface area contributed by atoms with Crippen molar-refractivity contribution in [2.75, 3.05) is 0 Å². The summed E-state index contributed by atoms with van der Waals surface area (Å²) in [6.07, 6.45) is 4.22. The Morgan fingerprint density at radius 2 is 1.96 bits per heavy atom. The smallest absolute Gasteiger partial charge is 0.277 e. The van der Waals surface area contributed by atoms with Crippen LogP contribution in [-0.4, -0.2) is 29.1 Å². The normalized spacial score (nSPS) is 11.1. The number of nitrogens with zero attached hydrogens (tertiary/aromatic N) is 6. The van der Waals surface area contributed by atoms with Crippen LogP contribution in [-0.2, 0) is 0 Å². The van der Waals surface area contributed by atoms with E-state index in [1.165, 1.54) is 39.9 Å². The minimum atomic E-state index is -0.523. The highest BCUT2D eigenvalue weighted by Crippen LogP contribution is 2.21. The third-order valence-corrected chi connectivity index (χ3v) is 3.51. The Kier molecular flexibility index (Phi) is 2.67. The third kappa shape index (κ3) is 1.87. The zero-order valence-electron chi connectivity index (χ0n) is 11.5. The Balaban J connectivity index is 2.07. The summed E-state index contributed by atoms with van der Waals surface area (Å²) >= 11 is 0. The van der Waals surface area contributed by atoms with E-state index in [9.17, 15) is 14.9 Å². The highest BCUT2D eigenvalue weighted by molar-refractivity contribution is 5.79. The number of para-hydroxylation sites is 2. The van der Waals surface area contributed by atoms with Gasteiger partial charge in [-0.05, 0) is 12.1 Å². The minimum Gasteiger partial charge on any atom is -0.277 e. The zero-order chi connectivity index (χ0) is 16.0. The van der Waals surface area contributed by atoms with Crippen molar-refractivity contribution in [2.45, 2.75) is 0 Å². The van der Waals surface area contributed by atoms with Gasteiger partial charge in [-0.3, -0.25) is 19.5 Å². The van der Waals surface area contributed by atoms with E-state index < -0.39 is 10.5 Å². The molecule has 4 aromatic rings. The van der Waals surface area contributed by atoms with Crippen LogP contribution in [0.15, 0.2) is 53.8 Å². The van der Waals surface area contributed by atoms with Gasteiger partial charge in [0.25, 0.3) is 17.0 Å². The molecular formula is C14H8N6O3. The first-order valence-electron chi connectivity index (χ1n) is 6.61. The molecule has 9 heteroatoms. The molecule has 3 heterocycles. The van der Waals surface area contributed by atoms with Crippen molar-refractivity contribution in [3.05, 3.63) is 69.5 Å². The molecule has 4 rings (SSSR count). The molecular weight excluding hydrogens is 300 g/mol. The summed E-state index contributed by atoms with van der Waals surface area (Å²) < 4.78 is 2.67. The van der Waals surface area contributed by atoms with Crippen molar-refractivity contribution in [2.24, 2.45) is 0 Å². The van der Waals surface area contributed by atoms with Crippen LogP contribution in [0.5, 0.6) is 0 Å². The highest BCUT2D eigenvalue weighted by Gasteiger charge is 2.17. The topological polar surface area (TPSA) is 108 Å². The number of aromatic nitrogens is 5. The molecule has 0 unspecified atom stereocenters. The molecule has 0 spiro atoms.